The summed E-state index contributed by atoms with van der Waals surface area (Å²) in [5.74, 6) is 1.71. The maximum absolute atomic E-state index is 13.1. The van der Waals surface area contributed by atoms with Gasteiger partial charge in [0.05, 0.1) is 26.4 Å². The lowest BCUT2D eigenvalue weighted by Crippen LogP contribution is -1.96. The van der Waals surface area contributed by atoms with Crippen LogP contribution in [0.15, 0.2) is 34.7 Å². The predicted molar refractivity (Wildman–Crippen MR) is 95.1 cm³/mol. The number of aromatic nitrogens is 2. The number of ether oxygens (including phenoxy) is 4. The van der Waals surface area contributed by atoms with Crippen LogP contribution in [-0.4, -0.2) is 31.5 Å². The summed E-state index contributed by atoms with van der Waals surface area (Å²) in [5, 5.41) is 8.09. The van der Waals surface area contributed by atoms with E-state index in [4.69, 9.17) is 35.0 Å². The SMILES string of the molecule is COc1cc(-c2nnc(COc3ccc(F)cc3Cl)o2)cc(OC)c1OC. The van der Waals surface area contributed by atoms with Gasteiger partial charge in [0.25, 0.3) is 5.89 Å². The lowest BCUT2D eigenvalue weighted by atomic mass is 10.2. The van der Waals surface area contributed by atoms with Crippen molar-refractivity contribution in [1.29, 1.82) is 0 Å². The Morgan fingerprint density at radius 3 is 2.26 bits per heavy atom. The van der Waals surface area contributed by atoms with E-state index in [1.165, 1.54) is 33.5 Å². The molecule has 0 saturated carbocycles. The highest BCUT2D eigenvalue weighted by Gasteiger charge is 2.18. The van der Waals surface area contributed by atoms with E-state index in [0.717, 1.165) is 6.07 Å². The highest BCUT2D eigenvalue weighted by molar-refractivity contribution is 6.32. The summed E-state index contributed by atoms with van der Waals surface area (Å²) < 4.78 is 40.1. The molecule has 0 saturated heterocycles. The number of nitrogens with zero attached hydrogens (tertiary/aromatic N) is 2. The van der Waals surface area contributed by atoms with Gasteiger partial charge in [-0.25, -0.2) is 4.39 Å². The molecule has 0 atom stereocenters. The van der Waals surface area contributed by atoms with Crippen molar-refractivity contribution in [2.45, 2.75) is 6.61 Å². The van der Waals surface area contributed by atoms with Gasteiger partial charge >= 0.3 is 0 Å². The van der Waals surface area contributed by atoms with E-state index in [0.29, 0.717) is 28.6 Å². The van der Waals surface area contributed by atoms with Crippen LogP contribution in [0.4, 0.5) is 4.39 Å². The Morgan fingerprint density at radius 1 is 0.963 bits per heavy atom. The van der Waals surface area contributed by atoms with Crippen molar-refractivity contribution >= 4 is 11.6 Å². The Morgan fingerprint density at radius 2 is 1.67 bits per heavy atom. The fraction of sp³-hybridized carbons (Fsp3) is 0.222. The maximum Gasteiger partial charge on any atom is 0.254 e. The summed E-state index contributed by atoms with van der Waals surface area (Å²) in [5.41, 5.74) is 0.586. The summed E-state index contributed by atoms with van der Waals surface area (Å²) >= 11 is 5.92. The summed E-state index contributed by atoms with van der Waals surface area (Å²) in [6.07, 6.45) is 0. The standard InChI is InChI=1S/C18H16ClFN2O5/c1-23-14-6-10(7-15(24-2)17(14)25-3)18-22-21-16(27-18)9-26-13-5-4-11(20)8-12(13)19/h4-8H,9H2,1-3H3. The van der Waals surface area contributed by atoms with Crippen LogP contribution in [-0.2, 0) is 6.61 Å². The van der Waals surface area contributed by atoms with E-state index in [9.17, 15) is 4.39 Å². The molecular weight excluding hydrogens is 379 g/mol. The first-order chi connectivity index (χ1) is 13.0. The third-order valence-corrected chi connectivity index (χ3v) is 3.92. The van der Waals surface area contributed by atoms with Gasteiger partial charge in [0, 0.05) is 5.56 Å². The van der Waals surface area contributed by atoms with E-state index >= 15 is 0 Å². The molecular formula is C18H16ClFN2O5. The minimum Gasteiger partial charge on any atom is -0.493 e. The van der Waals surface area contributed by atoms with Gasteiger partial charge in [-0.05, 0) is 30.3 Å². The lowest BCUT2D eigenvalue weighted by molar-refractivity contribution is 0.264. The zero-order chi connectivity index (χ0) is 19.4. The second kappa shape index (κ2) is 8.13. The lowest BCUT2D eigenvalue weighted by Gasteiger charge is -2.12. The molecule has 2 aromatic carbocycles. The van der Waals surface area contributed by atoms with Gasteiger partial charge in [-0.3, -0.25) is 0 Å². The molecule has 0 unspecified atom stereocenters. The minimum atomic E-state index is -0.449. The number of methoxy groups -OCH3 is 3. The van der Waals surface area contributed by atoms with Crippen LogP contribution in [0, 0.1) is 5.82 Å². The number of hydrogen-bond donors (Lipinski definition) is 0. The topological polar surface area (TPSA) is 75.8 Å². The van der Waals surface area contributed by atoms with Crippen LogP contribution in [0.3, 0.4) is 0 Å². The van der Waals surface area contributed by atoms with Crippen molar-refractivity contribution in [3.63, 3.8) is 0 Å². The molecule has 27 heavy (non-hydrogen) atoms. The van der Waals surface area contributed by atoms with Crippen molar-refractivity contribution < 1.29 is 27.8 Å². The Labute approximate surface area is 159 Å². The molecule has 0 radical (unpaired) electrons. The zero-order valence-corrected chi connectivity index (χ0v) is 15.5. The molecule has 9 heteroatoms. The second-order valence-electron chi connectivity index (χ2n) is 5.28. The molecule has 0 N–H and O–H groups in total. The van der Waals surface area contributed by atoms with Gasteiger partial charge in [0.15, 0.2) is 18.1 Å². The second-order valence-corrected chi connectivity index (χ2v) is 5.69. The highest BCUT2D eigenvalue weighted by Crippen LogP contribution is 2.40. The van der Waals surface area contributed by atoms with E-state index in [1.807, 2.05) is 0 Å². The summed E-state index contributed by atoms with van der Waals surface area (Å²) in [7, 11) is 4.55. The fourth-order valence-corrected chi connectivity index (χ4v) is 2.59. The quantitative estimate of drug-likeness (QED) is 0.596. The van der Waals surface area contributed by atoms with Crippen LogP contribution >= 0.6 is 11.6 Å². The first-order valence-corrected chi connectivity index (χ1v) is 8.14. The molecule has 3 aromatic rings. The van der Waals surface area contributed by atoms with Crippen molar-refractivity contribution in [1.82, 2.24) is 10.2 Å². The molecule has 0 spiro atoms. The number of hydrogen-bond acceptors (Lipinski definition) is 7. The first kappa shape index (κ1) is 18.8. The summed E-state index contributed by atoms with van der Waals surface area (Å²) in [6.45, 7) is -0.0250. The number of rotatable bonds is 7. The third-order valence-electron chi connectivity index (χ3n) is 3.62. The van der Waals surface area contributed by atoms with Crippen LogP contribution in [0.25, 0.3) is 11.5 Å². The predicted octanol–water partition coefficient (Wildman–Crippen LogP) is 4.13. The van der Waals surface area contributed by atoms with Gasteiger partial charge in [0.1, 0.15) is 11.6 Å². The van der Waals surface area contributed by atoms with Crippen molar-refractivity contribution in [2.24, 2.45) is 0 Å². The Bertz CT molecular complexity index is 922. The Kier molecular flexibility index (Phi) is 5.66. The summed E-state index contributed by atoms with van der Waals surface area (Å²) in [4.78, 5) is 0. The molecule has 1 heterocycles. The smallest absolute Gasteiger partial charge is 0.254 e. The van der Waals surface area contributed by atoms with Crippen LogP contribution in [0.5, 0.6) is 23.0 Å². The van der Waals surface area contributed by atoms with E-state index in [-0.39, 0.29) is 23.4 Å². The van der Waals surface area contributed by atoms with Crippen molar-refractivity contribution in [3.05, 3.63) is 47.1 Å². The molecule has 0 aliphatic carbocycles. The van der Waals surface area contributed by atoms with Gasteiger partial charge in [-0.1, -0.05) is 11.6 Å². The summed E-state index contributed by atoms with van der Waals surface area (Å²) in [6, 6.07) is 7.21. The van der Waals surface area contributed by atoms with Crippen LogP contribution in [0.2, 0.25) is 5.02 Å². The minimum absolute atomic E-state index is 0.0250. The average molecular weight is 395 g/mol. The number of benzene rings is 2. The zero-order valence-electron chi connectivity index (χ0n) is 14.8. The van der Waals surface area contributed by atoms with Gasteiger partial charge in [-0.15, -0.1) is 10.2 Å². The van der Waals surface area contributed by atoms with E-state index < -0.39 is 5.82 Å². The molecule has 0 fully saturated rings. The molecule has 1 aromatic heterocycles. The first-order valence-electron chi connectivity index (χ1n) is 7.76. The average Bonchev–Trinajstić information content (AvgIpc) is 3.15. The Balaban J connectivity index is 1.81. The van der Waals surface area contributed by atoms with Crippen molar-refractivity contribution in [2.75, 3.05) is 21.3 Å². The van der Waals surface area contributed by atoms with Gasteiger partial charge in [-0.2, -0.15) is 0 Å². The molecule has 3 rings (SSSR count). The van der Waals surface area contributed by atoms with Crippen molar-refractivity contribution in [3.8, 4) is 34.5 Å². The molecule has 0 aliphatic heterocycles. The van der Waals surface area contributed by atoms with E-state index in [1.54, 1.807) is 12.1 Å². The third kappa shape index (κ3) is 4.06. The largest absolute Gasteiger partial charge is 0.493 e. The molecule has 0 amide bonds. The molecule has 0 bridgehead atoms. The van der Waals surface area contributed by atoms with E-state index in [2.05, 4.69) is 10.2 Å². The van der Waals surface area contributed by atoms with Gasteiger partial charge in [0.2, 0.25) is 11.6 Å². The normalized spacial score (nSPS) is 10.6. The van der Waals surface area contributed by atoms with Crippen LogP contribution in [0.1, 0.15) is 5.89 Å². The fourth-order valence-electron chi connectivity index (χ4n) is 2.36. The van der Waals surface area contributed by atoms with Crippen LogP contribution < -0.4 is 18.9 Å². The molecule has 0 aliphatic rings. The maximum atomic E-state index is 13.1. The molecule has 142 valence electrons. The number of halogens is 2. The van der Waals surface area contributed by atoms with Gasteiger partial charge < -0.3 is 23.4 Å². The highest BCUT2D eigenvalue weighted by atomic mass is 35.5. The molecule has 7 nitrogen and oxygen atoms in total. The monoisotopic (exact) mass is 394 g/mol. The Hall–Kier alpha value is -3.00.